The Hall–Kier alpha value is -2.20. The lowest BCUT2D eigenvalue weighted by Crippen LogP contribution is -2.17. The molecule has 3 rings (SSSR count). The Bertz CT molecular complexity index is 1150. The monoisotopic (exact) mass is 769 g/mol. The van der Waals surface area contributed by atoms with Gasteiger partial charge in [-0.1, -0.05) is 173 Å². The molecular formula is C45H71O6P2+. The third-order valence-electron chi connectivity index (χ3n) is 9.80. The van der Waals surface area contributed by atoms with Gasteiger partial charge in [-0.2, -0.15) is 0 Å². The van der Waals surface area contributed by atoms with Crippen LogP contribution in [-0.2, 0) is 23.6 Å². The zero-order chi connectivity index (χ0) is 37.8. The summed E-state index contributed by atoms with van der Waals surface area (Å²) in [6.45, 7) is 6.75. The highest BCUT2D eigenvalue weighted by molar-refractivity contribution is 7.65. The van der Waals surface area contributed by atoms with Gasteiger partial charge in [0.15, 0.2) is 17.2 Å². The van der Waals surface area contributed by atoms with E-state index in [9.17, 15) is 9.79 Å². The fourth-order valence-corrected chi connectivity index (χ4v) is 8.96. The Kier molecular flexibility index (Phi) is 24.1. The van der Waals surface area contributed by atoms with Crippen molar-refractivity contribution in [3.8, 4) is 17.2 Å². The second-order valence-corrected chi connectivity index (χ2v) is 17.2. The van der Waals surface area contributed by atoms with Crippen molar-refractivity contribution < 1.29 is 27.7 Å². The highest BCUT2D eigenvalue weighted by Gasteiger charge is 2.58. The van der Waals surface area contributed by atoms with Gasteiger partial charge in [0.25, 0.3) is 0 Å². The summed E-state index contributed by atoms with van der Waals surface area (Å²) < 4.78 is 24.9. The van der Waals surface area contributed by atoms with Crippen molar-refractivity contribution in [1.29, 1.82) is 0 Å². The Morgan fingerprint density at radius 3 is 0.868 bits per heavy atom. The lowest BCUT2D eigenvalue weighted by atomic mass is 10.0. The van der Waals surface area contributed by atoms with Crippen LogP contribution in [0.2, 0.25) is 0 Å². The lowest BCUT2D eigenvalue weighted by Gasteiger charge is -2.20. The molecule has 0 aliphatic rings. The average Bonchev–Trinajstić information content (AvgIpc) is 3.15. The first-order chi connectivity index (χ1) is 25.9. The van der Waals surface area contributed by atoms with Gasteiger partial charge >= 0.3 is 16.8 Å². The molecule has 0 fully saturated rings. The minimum absolute atomic E-state index is 0.476. The van der Waals surface area contributed by atoms with Gasteiger partial charge in [-0.3, -0.25) is 0 Å². The van der Waals surface area contributed by atoms with E-state index in [-0.39, 0.29) is 0 Å². The van der Waals surface area contributed by atoms with Gasteiger partial charge in [-0.25, -0.2) is 13.6 Å². The molecule has 0 aliphatic heterocycles. The molecule has 3 aromatic rings. The maximum absolute atomic E-state index is 10.2. The fraction of sp³-hybridized carbons (Fsp3) is 0.600. The van der Waals surface area contributed by atoms with E-state index < -0.39 is 16.8 Å². The molecule has 0 aromatic heterocycles. The van der Waals surface area contributed by atoms with Crippen molar-refractivity contribution in [3.63, 3.8) is 0 Å². The molecule has 6 nitrogen and oxygen atoms in total. The van der Waals surface area contributed by atoms with Crippen LogP contribution < -0.4 is 13.6 Å². The third-order valence-corrected chi connectivity index (χ3v) is 12.5. The largest absolute Gasteiger partial charge is 0.725 e. The first kappa shape index (κ1) is 45.2. The van der Waals surface area contributed by atoms with Crippen molar-refractivity contribution in [2.45, 2.75) is 175 Å². The molecule has 0 atom stereocenters. The van der Waals surface area contributed by atoms with Crippen LogP contribution in [0.3, 0.4) is 0 Å². The molecule has 53 heavy (non-hydrogen) atoms. The second kappa shape index (κ2) is 28.2. The molecule has 0 saturated heterocycles. The minimum atomic E-state index is -3.85. The molecule has 2 N–H and O–H groups in total. The number of rotatable bonds is 32. The second-order valence-electron chi connectivity index (χ2n) is 14.6. The Labute approximate surface area is 325 Å². The summed E-state index contributed by atoms with van der Waals surface area (Å²) in [7, 11) is -6.72. The number of hydrogen-bond donors (Lipinski definition) is 2. The van der Waals surface area contributed by atoms with Gasteiger partial charge in [0.1, 0.15) is 0 Å². The summed E-state index contributed by atoms with van der Waals surface area (Å²) in [5.74, 6) is 1.43. The zero-order valence-electron chi connectivity index (χ0n) is 33.3. The van der Waals surface area contributed by atoms with Crippen LogP contribution in [0.15, 0.2) is 72.8 Å². The van der Waals surface area contributed by atoms with Crippen molar-refractivity contribution in [2.75, 3.05) is 0 Å². The molecule has 0 radical (unpaired) electrons. The fourth-order valence-electron chi connectivity index (χ4n) is 6.59. The predicted octanol–water partition coefficient (Wildman–Crippen LogP) is 15.0. The molecule has 8 heteroatoms. The van der Waals surface area contributed by atoms with E-state index in [2.05, 4.69) is 57.2 Å². The van der Waals surface area contributed by atoms with E-state index in [1.54, 1.807) is 0 Å². The Morgan fingerprint density at radius 2 is 0.623 bits per heavy atom. The van der Waals surface area contributed by atoms with Crippen LogP contribution in [0.4, 0.5) is 0 Å². The minimum Gasteiger partial charge on any atom is -0.325 e. The first-order valence-corrected chi connectivity index (χ1v) is 23.7. The molecule has 0 aliphatic carbocycles. The lowest BCUT2D eigenvalue weighted by molar-refractivity contribution is 0.244. The molecule has 0 heterocycles. The number of aryl methyl sites for hydroxylation is 3. The summed E-state index contributed by atoms with van der Waals surface area (Å²) in [5.41, 5.74) is 3.70. The van der Waals surface area contributed by atoms with Gasteiger partial charge in [0.05, 0.1) is 0 Å². The maximum Gasteiger partial charge on any atom is 0.725 e. The van der Waals surface area contributed by atoms with Gasteiger partial charge in [-0.15, -0.1) is 0 Å². The summed E-state index contributed by atoms with van der Waals surface area (Å²) >= 11 is 0. The Morgan fingerprint density at radius 1 is 0.377 bits per heavy atom. The van der Waals surface area contributed by atoms with Crippen LogP contribution in [0.5, 0.6) is 17.2 Å². The van der Waals surface area contributed by atoms with Crippen molar-refractivity contribution in [2.24, 2.45) is 0 Å². The number of hydrogen-bond acceptors (Lipinski definition) is 6. The highest BCUT2D eigenvalue weighted by atomic mass is 31.3. The smallest absolute Gasteiger partial charge is 0.325 e. The Balaban J connectivity index is 1.69. The van der Waals surface area contributed by atoms with E-state index in [4.69, 9.17) is 17.9 Å². The molecule has 0 spiro atoms. The normalized spacial score (nSPS) is 11.7. The molecule has 0 amide bonds. The van der Waals surface area contributed by atoms with Crippen LogP contribution in [0, 0.1) is 0 Å². The summed E-state index contributed by atoms with van der Waals surface area (Å²) in [6.07, 6.45) is 29.8. The van der Waals surface area contributed by atoms with Crippen LogP contribution in [0.1, 0.15) is 172 Å². The van der Waals surface area contributed by atoms with Crippen molar-refractivity contribution in [1.82, 2.24) is 0 Å². The van der Waals surface area contributed by atoms with Gasteiger partial charge in [-0.05, 0) is 95.9 Å². The standard InChI is InChI=1S/C45H71O6P2/c1-4-7-10-13-16-19-22-25-40-28-34-43(35-29-40)48-53(51-52(46)47,49-44-36-30-41(31-37-44)26-23-20-17-14-11-8-5-2)50-45-38-32-42(33-39-45)27-24-21-18-15-12-9-6-3/h28-39,46-47H,4-27H2,1-3H3/q+1. The highest BCUT2D eigenvalue weighted by Crippen LogP contribution is 2.67. The topological polar surface area (TPSA) is 77.4 Å². The van der Waals surface area contributed by atoms with Gasteiger partial charge < -0.3 is 9.79 Å². The molecule has 0 saturated carbocycles. The quantitative estimate of drug-likeness (QED) is 0.0486. The maximum atomic E-state index is 10.2. The number of unbranched alkanes of at least 4 members (excludes halogenated alkanes) is 18. The predicted molar refractivity (Wildman–Crippen MR) is 226 cm³/mol. The van der Waals surface area contributed by atoms with E-state index in [0.717, 1.165) is 38.5 Å². The average molecular weight is 770 g/mol. The van der Waals surface area contributed by atoms with Crippen LogP contribution in [-0.4, -0.2) is 9.79 Å². The van der Waals surface area contributed by atoms with Gasteiger partial charge in [0, 0.05) is 0 Å². The van der Waals surface area contributed by atoms with E-state index >= 15 is 0 Å². The summed E-state index contributed by atoms with van der Waals surface area (Å²) in [4.78, 5) is 20.4. The summed E-state index contributed by atoms with van der Waals surface area (Å²) in [5, 5.41) is 0. The van der Waals surface area contributed by atoms with E-state index in [1.807, 2.05) is 36.4 Å². The first-order valence-electron chi connectivity index (χ1n) is 21.1. The van der Waals surface area contributed by atoms with Crippen LogP contribution in [0.25, 0.3) is 0 Å². The molecule has 0 unspecified atom stereocenters. The molecule has 0 bridgehead atoms. The van der Waals surface area contributed by atoms with Crippen LogP contribution >= 0.6 is 16.8 Å². The molecule has 296 valence electrons. The van der Waals surface area contributed by atoms with Gasteiger partial charge in [0.2, 0.25) is 0 Å². The zero-order valence-corrected chi connectivity index (χ0v) is 35.1. The van der Waals surface area contributed by atoms with Crippen molar-refractivity contribution in [3.05, 3.63) is 89.5 Å². The molecule has 3 aromatic carbocycles. The number of benzene rings is 3. The SMILES string of the molecule is CCCCCCCCCc1ccc(O[P+](Oc2ccc(CCCCCCCCC)cc2)(Oc2ccc(CCCCCCCCC)cc2)OP(O)O)cc1. The van der Waals surface area contributed by atoms with E-state index in [0.29, 0.717) is 17.2 Å². The molecular weight excluding hydrogens is 698 g/mol. The van der Waals surface area contributed by atoms with E-state index in [1.165, 1.54) is 132 Å². The summed E-state index contributed by atoms with van der Waals surface area (Å²) in [6, 6.07) is 23.6. The van der Waals surface area contributed by atoms with Crippen molar-refractivity contribution >= 4 is 16.8 Å². The third kappa shape index (κ3) is 20.3.